The predicted octanol–water partition coefficient (Wildman–Crippen LogP) is 6.62. The molecule has 15 heteroatoms. The molecule has 338 valence electrons. The maximum absolute atomic E-state index is 14.9. The largest absolute Gasteiger partial charge is 0.497 e. The molecule has 1 aromatic heterocycles. The van der Waals surface area contributed by atoms with E-state index in [1.54, 1.807) is 13.2 Å². The summed E-state index contributed by atoms with van der Waals surface area (Å²) in [6.07, 6.45) is 4.35. The van der Waals surface area contributed by atoms with Gasteiger partial charge in [0.2, 0.25) is 21.8 Å². The first-order valence-corrected chi connectivity index (χ1v) is 23.6. The number of carbonyl (C=O) groups excluding carboxylic acids is 4. The van der Waals surface area contributed by atoms with Crippen molar-refractivity contribution in [3.63, 3.8) is 0 Å². The van der Waals surface area contributed by atoms with Crippen molar-refractivity contribution in [2.24, 2.45) is 11.3 Å². The molecule has 3 N–H and O–H groups in total. The van der Waals surface area contributed by atoms with Gasteiger partial charge in [-0.15, -0.1) is 6.58 Å². The van der Waals surface area contributed by atoms with E-state index in [0.717, 1.165) is 36.8 Å². The van der Waals surface area contributed by atoms with Gasteiger partial charge in [-0.3, -0.25) is 19.1 Å². The van der Waals surface area contributed by atoms with Crippen molar-refractivity contribution in [1.82, 2.24) is 25.2 Å². The molecule has 14 nitrogen and oxygen atoms in total. The minimum Gasteiger partial charge on any atom is -0.497 e. The first kappa shape index (κ1) is 44.6. The highest BCUT2D eigenvalue weighted by atomic mass is 32.2. The Morgan fingerprint density at radius 1 is 0.953 bits per heavy atom. The van der Waals surface area contributed by atoms with Crippen LogP contribution in [0, 0.1) is 11.3 Å². The highest BCUT2D eigenvalue weighted by Gasteiger charge is 2.63. The number of hydrogen-bond acceptors (Lipinski definition) is 10. The number of rotatable bonds is 15. The van der Waals surface area contributed by atoms with Gasteiger partial charge < -0.3 is 29.7 Å². The van der Waals surface area contributed by atoms with Gasteiger partial charge in [-0.25, -0.2) is 18.2 Å². The Morgan fingerprint density at radius 3 is 2.27 bits per heavy atom. The van der Waals surface area contributed by atoms with Gasteiger partial charge >= 0.3 is 6.09 Å². The van der Waals surface area contributed by atoms with E-state index >= 15 is 0 Å². The van der Waals surface area contributed by atoms with Crippen LogP contribution in [0.15, 0.2) is 97.6 Å². The average Bonchev–Trinajstić information content (AvgIpc) is 4.09. The summed E-state index contributed by atoms with van der Waals surface area (Å²) in [4.78, 5) is 63.5. The smallest absolute Gasteiger partial charge is 0.408 e. The van der Waals surface area contributed by atoms with Gasteiger partial charge in [0.15, 0.2) is 0 Å². The number of nitrogens with zero attached hydrogens (tertiary/aromatic N) is 2. The van der Waals surface area contributed by atoms with Gasteiger partial charge in [0.25, 0.3) is 5.91 Å². The molecule has 64 heavy (non-hydrogen) atoms. The molecule has 3 aromatic carbocycles. The first-order valence-electron chi connectivity index (χ1n) is 22.1. The quantitative estimate of drug-likeness (QED) is 0.110. The van der Waals surface area contributed by atoms with E-state index in [1.165, 1.54) is 11.0 Å². The zero-order valence-electron chi connectivity index (χ0n) is 36.8. The molecular weight excluding hydrogens is 835 g/mol. The minimum atomic E-state index is -4.17. The Labute approximate surface area is 374 Å². The number of alkyl carbamates (subject to hydrolysis) is 1. The summed E-state index contributed by atoms with van der Waals surface area (Å²) < 4.78 is 47.0. The maximum Gasteiger partial charge on any atom is 0.408 e. The van der Waals surface area contributed by atoms with Crippen LogP contribution in [-0.2, 0) is 35.6 Å². The van der Waals surface area contributed by atoms with Crippen molar-refractivity contribution in [3.8, 4) is 22.8 Å². The Bertz CT molecular complexity index is 2540. The second kappa shape index (κ2) is 17.5. The molecule has 4 aromatic rings. The molecule has 0 spiro atoms. The number of pyridine rings is 1. The van der Waals surface area contributed by atoms with Crippen LogP contribution in [0.25, 0.3) is 22.2 Å². The van der Waals surface area contributed by atoms with Crippen LogP contribution in [0.4, 0.5) is 4.79 Å². The van der Waals surface area contributed by atoms with Crippen LogP contribution < -0.4 is 24.8 Å². The second-order valence-corrected chi connectivity index (χ2v) is 20.9. The number of sulfonamides is 1. The van der Waals surface area contributed by atoms with Crippen molar-refractivity contribution in [3.05, 3.63) is 103 Å². The van der Waals surface area contributed by atoms with Gasteiger partial charge in [-0.2, -0.15) is 0 Å². The van der Waals surface area contributed by atoms with Crippen LogP contribution >= 0.6 is 0 Å². The van der Waals surface area contributed by atoms with Crippen molar-refractivity contribution in [2.75, 3.05) is 13.7 Å². The number of methoxy groups -OCH3 is 1. The number of hydrogen-bond donors (Lipinski definition) is 3. The number of carbonyl (C=O) groups is 4. The fourth-order valence-corrected chi connectivity index (χ4v) is 10.8. The molecule has 0 bridgehead atoms. The number of aromatic nitrogens is 1. The van der Waals surface area contributed by atoms with Gasteiger partial charge in [0.1, 0.15) is 41.3 Å². The average molecular weight is 892 g/mol. The lowest BCUT2D eigenvalue weighted by Crippen LogP contribution is -2.60. The molecule has 3 saturated carbocycles. The van der Waals surface area contributed by atoms with Crippen LogP contribution in [0.1, 0.15) is 77.7 Å². The number of nitrogens with one attached hydrogen (secondary N) is 3. The number of amides is 4. The van der Waals surface area contributed by atoms with Crippen molar-refractivity contribution in [2.45, 2.75) is 113 Å². The highest BCUT2D eigenvalue weighted by Crippen LogP contribution is 2.49. The van der Waals surface area contributed by atoms with E-state index in [4.69, 9.17) is 19.2 Å². The maximum atomic E-state index is 14.9. The molecule has 2 heterocycles. The standard InChI is InChI=1S/C49H57N5O9S/c1-6-33-29-49(33,45(57)53-64(59,60)48(23-24-48)28-31-15-9-7-10-16-31)52-43(55)40-26-36(30-54(40)44(56)42(47(2,3)4)51-46(58)63-34-19-13-14-20-34)62-41-27-38(32-17-11-8-12-18-32)50-39-25-35(61-5)21-22-37(39)41/h6-12,15-18,21-22,25,27,33-34,36,40,42H,1,13-14,19-20,23-24,26,28-30H2,2-5H3,(H,51,58)(H,52,55)(H,53,57)/t33-,36-,40+,42-,49-/m1/s1. The van der Waals surface area contributed by atoms with E-state index in [-0.39, 0.29) is 31.9 Å². The topological polar surface area (TPSA) is 182 Å². The van der Waals surface area contributed by atoms with Gasteiger partial charge in [-0.1, -0.05) is 87.5 Å². The van der Waals surface area contributed by atoms with Gasteiger partial charge in [0, 0.05) is 35.4 Å². The summed E-state index contributed by atoms with van der Waals surface area (Å²) in [6, 6.07) is 23.8. The number of fused-ring (bicyclic) bond motifs is 1. The van der Waals surface area contributed by atoms with E-state index in [2.05, 4.69) is 21.9 Å². The molecule has 4 aliphatic rings. The summed E-state index contributed by atoms with van der Waals surface area (Å²) in [6.45, 7) is 9.26. The number of likely N-dealkylation sites (tertiary alicyclic amines) is 1. The van der Waals surface area contributed by atoms with E-state index in [1.807, 2.05) is 99.6 Å². The fraction of sp³-hybridized carbons (Fsp3) is 0.449. The second-order valence-electron chi connectivity index (χ2n) is 18.8. The first-order chi connectivity index (χ1) is 30.5. The molecule has 5 atom stereocenters. The molecule has 4 fully saturated rings. The van der Waals surface area contributed by atoms with E-state index in [9.17, 15) is 27.6 Å². The number of ether oxygens (including phenoxy) is 3. The third-order valence-electron chi connectivity index (χ3n) is 13.2. The lowest BCUT2D eigenvalue weighted by Gasteiger charge is -2.35. The third-order valence-corrected chi connectivity index (χ3v) is 15.3. The lowest BCUT2D eigenvalue weighted by molar-refractivity contribution is -0.143. The third kappa shape index (κ3) is 9.17. The SMILES string of the molecule is C=C[C@@H]1C[C@]1(NC(=O)[C@@H]1C[C@@H](Oc2cc(-c3ccccc3)nc3cc(OC)ccc23)CN1C(=O)[C@@H](NC(=O)OC1CCCC1)C(C)(C)C)C(=O)NS(=O)(=O)C1(Cc2ccccc2)CC1. The Hall–Kier alpha value is -5.96. The molecule has 8 rings (SSSR count). The van der Waals surface area contributed by atoms with Gasteiger partial charge in [0.05, 0.1) is 29.6 Å². The summed E-state index contributed by atoms with van der Waals surface area (Å²) in [7, 11) is -2.60. The summed E-state index contributed by atoms with van der Waals surface area (Å²) in [5, 5.41) is 6.39. The Kier molecular flexibility index (Phi) is 12.2. The fourth-order valence-electron chi connectivity index (χ4n) is 9.14. The van der Waals surface area contributed by atoms with Crippen LogP contribution in [0.5, 0.6) is 11.5 Å². The number of benzene rings is 3. The van der Waals surface area contributed by atoms with Crippen molar-refractivity contribution < 1.29 is 41.8 Å². The van der Waals surface area contributed by atoms with Crippen LogP contribution in [0.2, 0.25) is 0 Å². The minimum absolute atomic E-state index is 0.0105. The molecule has 0 radical (unpaired) electrons. The lowest BCUT2D eigenvalue weighted by atomic mass is 9.85. The normalized spacial score (nSPS) is 23.1. The molecule has 1 aliphatic heterocycles. The van der Waals surface area contributed by atoms with Crippen LogP contribution in [-0.4, -0.2) is 90.3 Å². The summed E-state index contributed by atoms with van der Waals surface area (Å²) >= 11 is 0. The van der Waals surface area contributed by atoms with Crippen molar-refractivity contribution in [1.29, 1.82) is 0 Å². The molecule has 0 unspecified atom stereocenters. The van der Waals surface area contributed by atoms with E-state index in [0.29, 0.717) is 40.9 Å². The highest BCUT2D eigenvalue weighted by molar-refractivity contribution is 7.91. The van der Waals surface area contributed by atoms with E-state index < -0.39 is 73.6 Å². The predicted molar refractivity (Wildman–Crippen MR) is 242 cm³/mol. The molecule has 1 saturated heterocycles. The summed E-state index contributed by atoms with van der Waals surface area (Å²) in [5.74, 6) is -1.56. The van der Waals surface area contributed by atoms with Gasteiger partial charge in [-0.05, 0) is 74.5 Å². The monoisotopic (exact) mass is 891 g/mol. The zero-order chi connectivity index (χ0) is 45.4. The molecule has 3 aliphatic carbocycles. The van der Waals surface area contributed by atoms with Crippen molar-refractivity contribution >= 4 is 44.7 Å². The zero-order valence-corrected chi connectivity index (χ0v) is 37.6. The summed E-state index contributed by atoms with van der Waals surface area (Å²) in [5.41, 5.74) is 0.482. The van der Waals surface area contributed by atoms with Crippen LogP contribution in [0.3, 0.4) is 0 Å². The Morgan fingerprint density at radius 2 is 1.64 bits per heavy atom. The molecular formula is C49H57N5O9S. The Balaban J connectivity index is 1.09. The molecule has 4 amide bonds.